The van der Waals surface area contributed by atoms with Crippen LogP contribution < -0.4 is 9.46 Å². The second kappa shape index (κ2) is 11.9. The molecule has 4 aliphatic rings. The Morgan fingerprint density at radius 2 is 1.65 bits per heavy atom. The van der Waals surface area contributed by atoms with Crippen LogP contribution in [0.2, 0.25) is 0 Å². The molecule has 2 atom stereocenters. The quantitative estimate of drug-likeness (QED) is 0.362. The number of carbonyl (C=O) groups excluding carboxylic acids is 1. The van der Waals surface area contributed by atoms with Crippen LogP contribution in [0.5, 0.6) is 5.88 Å². The second-order valence-electron chi connectivity index (χ2n) is 14.4. The molecule has 1 aromatic heterocycles. The van der Waals surface area contributed by atoms with Gasteiger partial charge in [-0.15, -0.1) is 0 Å². The van der Waals surface area contributed by atoms with E-state index in [1.165, 1.54) is 57.1 Å². The molecule has 1 saturated heterocycles. The van der Waals surface area contributed by atoms with Crippen molar-refractivity contribution in [3.05, 3.63) is 65.2 Å². The number of nitrogens with one attached hydrogen (secondary N) is 1. The van der Waals surface area contributed by atoms with Gasteiger partial charge < -0.3 is 9.64 Å². The van der Waals surface area contributed by atoms with Gasteiger partial charge in [-0.1, -0.05) is 57.4 Å². The van der Waals surface area contributed by atoms with E-state index in [9.17, 15) is 13.2 Å². The van der Waals surface area contributed by atoms with E-state index in [1.807, 2.05) is 36.9 Å². The first-order valence-electron chi connectivity index (χ1n) is 16.8. The number of nitrogens with zero attached hydrogens (tertiary/aromatic N) is 4. The van der Waals surface area contributed by atoms with Gasteiger partial charge in [-0.3, -0.25) is 9.69 Å². The highest BCUT2D eigenvalue weighted by Gasteiger charge is 2.49. The lowest BCUT2D eigenvalue weighted by Gasteiger charge is -2.54. The van der Waals surface area contributed by atoms with E-state index in [1.54, 1.807) is 18.2 Å². The highest BCUT2D eigenvalue weighted by atomic mass is 32.2. The van der Waals surface area contributed by atoms with Gasteiger partial charge in [0.05, 0.1) is 17.1 Å². The lowest BCUT2D eigenvalue weighted by Crippen LogP contribution is -2.55. The van der Waals surface area contributed by atoms with Gasteiger partial charge in [0.1, 0.15) is 6.10 Å². The highest BCUT2D eigenvalue weighted by Crippen LogP contribution is 2.53. The Morgan fingerprint density at radius 3 is 2.37 bits per heavy atom. The van der Waals surface area contributed by atoms with Crippen LogP contribution in [0.1, 0.15) is 80.3 Å². The zero-order valence-corrected chi connectivity index (χ0v) is 28.1. The molecular formula is C36H45N5O4S. The Morgan fingerprint density at radius 1 is 0.935 bits per heavy atom. The fraction of sp³-hybridized carbons (Fsp3) is 0.528. The van der Waals surface area contributed by atoms with Gasteiger partial charge >= 0.3 is 0 Å². The van der Waals surface area contributed by atoms with E-state index in [2.05, 4.69) is 33.4 Å². The first-order chi connectivity index (χ1) is 22.0. The highest BCUT2D eigenvalue weighted by molar-refractivity contribution is 7.92. The largest absolute Gasteiger partial charge is 0.471 e. The SMILES string of the molecule is Cc1cccc(C)c1-c1cc2nc(n1)NS(=O)(=O)c1cccc(c1)C(=O)N1C[C@@H](CN(C3CC4(CCCCC4)C3)C[C@H]1C(C)C)O2. The molecule has 46 heavy (non-hydrogen) atoms. The number of aryl methyl sites for hydroxylation is 2. The number of aromatic nitrogens is 2. The Labute approximate surface area is 272 Å². The molecule has 244 valence electrons. The Kier molecular flexibility index (Phi) is 8.08. The van der Waals surface area contributed by atoms with Gasteiger partial charge in [0, 0.05) is 42.4 Å². The number of rotatable bonds is 3. The Bertz CT molecular complexity index is 1720. The van der Waals surface area contributed by atoms with Crippen molar-refractivity contribution in [1.82, 2.24) is 19.8 Å². The summed E-state index contributed by atoms with van der Waals surface area (Å²) in [5.41, 5.74) is 4.34. The molecule has 2 aliphatic carbocycles. The maximum Gasteiger partial charge on any atom is 0.264 e. The molecule has 0 unspecified atom stereocenters. The number of hydrogen-bond acceptors (Lipinski definition) is 7. The summed E-state index contributed by atoms with van der Waals surface area (Å²) in [7, 11) is -4.10. The standard InChI is InChI=1S/C36H45N5O4S/c1-23(2)31-22-40(27-18-36(19-27)14-6-5-7-15-36)20-28-21-41(31)34(42)26-12-9-13-29(16-26)46(43,44)39-35-37-30(17-32(38-35)45-28)33-24(3)10-8-11-25(33)4/h8-13,16-17,23,27-28,31H,5-7,14-15,18-22H2,1-4H3,(H,37,38,39)/t28-,31+/m1/s1. The Hall–Kier alpha value is -3.50. The number of ether oxygens (including phenoxy) is 1. The van der Waals surface area contributed by atoms with Crippen LogP contribution in [0.4, 0.5) is 5.95 Å². The summed E-state index contributed by atoms with van der Waals surface area (Å²) in [4.78, 5) is 28.1. The molecule has 9 nitrogen and oxygen atoms in total. The molecule has 3 heterocycles. The van der Waals surface area contributed by atoms with Gasteiger partial charge in [-0.25, -0.2) is 18.1 Å². The molecule has 7 rings (SSSR count). The number of anilines is 1. The minimum atomic E-state index is -4.10. The van der Waals surface area contributed by atoms with Gasteiger partial charge in [-0.05, 0) is 80.2 Å². The molecule has 1 N–H and O–H groups in total. The number of fused-ring (bicyclic) bond motifs is 6. The first kappa shape index (κ1) is 31.1. The molecule has 2 aliphatic heterocycles. The van der Waals surface area contributed by atoms with Crippen LogP contribution in [-0.4, -0.2) is 71.9 Å². The lowest BCUT2D eigenvalue weighted by atomic mass is 9.58. The summed E-state index contributed by atoms with van der Waals surface area (Å²) in [6.07, 6.45) is 8.70. The van der Waals surface area contributed by atoms with Gasteiger partial charge in [0.25, 0.3) is 15.9 Å². The predicted octanol–water partition coefficient (Wildman–Crippen LogP) is 6.22. The molecule has 3 fully saturated rings. The van der Waals surface area contributed by atoms with Crippen molar-refractivity contribution in [2.24, 2.45) is 11.3 Å². The van der Waals surface area contributed by atoms with Crippen molar-refractivity contribution in [3.63, 3.8) is 0 Å². The number of carbonyl (C=O) groups is 1. The zero-order chi connectivity index (χ0) is 32.2. The van der Waals surface area contributed by atoms with Crippen LogP contribution >= 0.6 is 0 Å². The average molecular weight is 644 g/mol. The summed E-state index contributed by atoms with van der Waals surface area (Å²) in [6, 6.07) is 14.5. The number of hydrogen-bond donors (Lipinski definition) is 1. The smallest absolute Gasteiger partial charge is 0.264 e. The van der Waals surface area contributed by atoms with Crippen LogP contribution in [-0.2, 0) is 10.0 Å². The van der Waals surface area contributed by atoms with Crippen molar-refractivity contribution >= 4 is 21.9 Å². The minimum Gasteiger partial charge on any atom is -0.471 e. The van der Waals surface area contributed by atoms with Crippen molar-refractivity contribution < 1.29 is 17.9 Å². The topological polar surface area (TPSA) is 105 Å². The molecule has 1 spiro atoms. The third-order valence-corrected chi connectivity index (χ3v) is 12.1. The minimum absolute atomic E-state index is 0.0116. The van der Waals surface area contributed by atoms with Crippen molar-refractivity contribution in [1.29, 1.82) is 0 Å². The summed E-state index contributed by atoms with van der Waals surface area (Å²) in [5, 5.41) is 0. The fourth-order valence-electron chi connectivity index (χ4n) is 8.36. The third-order valence-electron chi connectivity index (χ3n) is 10.8. The van der Waals surface area contributed by atoms with E-state index in [0.717, 1.165) is 23.2 Å². The predicted molar refractivity (Wildman–Crippen MR) is 178 cm³/mol. The number of sulfonamides is 1. The molecule has 2 saturated carbocycles. The third kappa shape index (κ3) is 5.90. The summed E-state index contributed by atoms with van der Waals surface area (Å²) >= 11 is 0. The monoisotopic (exact) mass is 643 g/mol. The maximum atomic E-state index is 14.3. The Balaban J connectivity index is 1.33. The number of benzene rings is 2. The zero-order valence-electron chi connectivity index (χ0n) is 27.3. The molecule has 3 aromatic rings. The molecule has 0 radical (unpaired) electrons. The van der Waals surface area contributed by atoms with Crippen LogP contribution in [0.15, 0.2) is 53.4 Å². The second-order valence-corrected chi connectivity index (χ2v) is 16.1. The van der Waals surface area contributed by atoms with Crippen LogP contribution in [0.25, 0.3) is 11.3 Å². The number of amides is 1. The molecule has 1 amide bonds. The van der Waals surface area contributed by atoms with E-state index in [0.29, 0.717) is 35.8 Å². The fourth-order valence-corrected chi connectivity index (χ4v) is 9.35. The van der Waals surface area contributed by atoms with Gasteiger partial charge in [-0.2, -0.15) is 4.98 Å². The van der Waals surface area contributed by atoms with Gasteiger partial charge in [0.2, 0.25) is 11.8 Å². The van der Waals surface area contributed by atoms with Crippen molar-refractivity contribution in [2.45, 2.75) is 95.7 Å². The summed E-state index contributed by atoms with van der Waals surface area (Å²) in [6.45, 7) is 10.2. The van der Waals surface area contributed by atoms with Crippen LogP contribution in [0.3, 0.4) is 0 Å². The van der Waals surface area contributed by atoms with Crippen LogP contribution in [0, 0.1) is 25.2 Å². The van der Waals surface area contributed by atoms with E-state index >= 15 is 0 Å². The molecular weight excluding hydrogens is 598 g/mol. The summed E-state index contributed by atoms with van der Waals surface area (Å²) in [5.74, 6) is 0.233. The molecule has 10 heteroatoms. The molecule has 6 bridgehead atoms. The maximum absolute atomic E-state index is 14.3. The average Bonchev–Trinajstić information content (AvgIpc) is 3.19. The van der Waals surface area contributed by atoms with Gasteiger partial charge in [0.15, 0.2) is 0 Å². The van der Waals surface area contributed by atoms with E-state index < -0.39 is 10.0 Å². The molecule has 2 aromatic carbocycles. The normalized spacial score (nSPS) is 24.5. The first-order valence-corrected chi connectivity index (χ1v) is 18.3. The van der Waals surface area contributed by atoms with Crippen molar-refractivity contribution in [2.75, 3.05) is 24.4 Å². The van der Waals surface area contributed by atoms with E-state index in [-0.39, 0.29) is 40.7 Å². The summed E-state index contributed by atoms with van der Waals surface area (Å²) < 4.78 is 36.6. The van der Waals surface area contributed by atoms with E-state index in [4.69, 9.17) is 4.74 Å². The lowest BCUT2D eigenvalue weighted by molar-refractivity contribution is -0.0363. The van der Waals surface area contributed by atoms with Crippen molar-refractivity contribution in [3.8, 4) is 17.1 Å².